The molecule has 0 bridgehead atoms. The van der Waals surface area contributed by atoms with E-state index in [1.165, 1.54) is 11.6 Å². The first-order valence-electron chi connectivity index (χ1n) is 9.53. The molecule has 2 unspecified atom stereocenters. The van der Waals surface area contributed by atoms with Gasteiger partial charge in [-0.15, -0.1) is 0 Å². The minimum Gasteiger partial charge on any atom is -0.462 e. The zero-order valence-electron chi connectivity index (χ0n) is 16.2. The van der Waals surface area contributed by atoms with Crippen LogP contribution in [0.15, 0.2) is 78.9 Å². The van der Waals surface area contributed by atoms with Crippen LogP contribution in [0.1, 0.15) is 23.6 Å². The van der Waals surface area contributed by atoms with Crippen LogP contribution in [0.3, 0.4) is 0 Å². The normalized spacial score (nSPS) is 24.1. The van der Waals surface area contributed by atoms with Crippen LogP contribution < -0.4 is 9.64 Å². The number of nitrogens with zero attached hydrogens (tertiary/aromatic N) is 2. The Morgan fingerprint density at radius 2 is 1.72 bits per heavy atom. The highest BCUT2D eigenvalue weighted by Gasteiger charge is 2.61. The molecule has 0 radical (unpaired) electrons. The summed E-state index contributed by atoms with van der Waals surface area (Å²) in [5.74, 6) is 0.639. The maximum absolute atomic E-state index is 11.2. The van der Waals surface area contributed by atoms with Gasteiger partial charge in [0, 0.05) is 30.4 Å². The highest BCUT2D eigenvalue weighted by Crippen LogP contribution is 2.57. The van der Waals surface area contributed by atoms with E-state index >= 15 is 0 Å². The van der Waals surface area contributed by atoms with Gasteiger partial charge in [0.1, 0.15) is 5.75 Å². The second kappa shape index (κ2) is 5.95. The van der Waals surface area contributed by atoms with Crippen molar-refractivity contribution in [1.29, 1.82) is 0 Å². The number of rotatable bonds is 2. The van der Waals surface area contributed by atoms with Crippen LogP contribution in [0, 0.1) is 10.1 Å². The van der Waals surface area contributed by atoms with Crippen LogP contribution >= 0.6 is 0 Å². The number of hydrogen-bond acceptors (Lipinski definition) is 4. The Balaban J connectivity index is 1.74. The Morgan fingerprint density at radius 1 is 1.00 bits per heavy atom. The summed E-state index contributed by atoms with van der Waals surface area (Å²) in [7, 11) is 2.04. The number of hydrogen-bond donors (Lipinski definition) is 0. The van der Waals surface area contributed by atoms with Gasteiger partial charge >= 0.3 is 0 Å². The Hall–Kier alpha value is -3.60. The highest BCUT2D eigenvalue weighted by atomic mass is 16.6. The third-order valence-electron chi connectivity index (χ3n) is 6.33. The lowest BCUT2D eigenvalue weighted by Crippen LogP contribution is -2.59. The van der Waals surface area contributed by atoms with Gasteiger partial charge in [0.15, 0.2) is 0 Å². The summed E-state index contributed by atoms with van der Waals surface area (Å²) < 4.78 is 6.70. The van der Waals surface area contributed by atoms with Gasteiger partial charge in [0.05, 0.1) is 10.3 Å². The molecule has 0 saturated heterocycles. The summed E-state index contributed by atoms with van der Waals surface area (Å²) in [6.07, 6.45) is 3.97. The van der Waals surface area contributed by atoms with Crippen molar-refractivity contribution in [3.05, 3.63) is 106 Å². The topological polar surface area (TPSA) is 55.6 Å². The molecule has 5 rings (SSSR count). The Morgan fingerprint density at radius 3 is 2.48 bits per heavy atom. The maximum atomic E-state index is 11.2. The maximum Gasteiger partial charge on any atom is 0.270 e. The smallest absolute Gasteiger partial charge is 0.270 e. The molecule has 3 aromatic carbocycles. The summed E-state index contributed by atoms with van der Waals surface area (Å²) in [5, 5.41) is 11.2. The zero-order chi connectivity index (χ0) is 20.2. The van der Waals surface area contributed by atoms with Gasteiger partial charge in [-0.3, -0.25) is 10.1 Å². The Labute approximate surface area is 169 Å². The van der Waals surface area contributed by atoms with E-state index in [0.29, 0.717) is 11.3 Å². The molecular weight excluding hydrogens is 364 g/mol. The van der Waals surface area contributed by atoms with Crippen LogP contribution in [-0.2, 0) is 5.41 Å². The summed E-state index contributed by atoms with van der Waals surface area (Å²) in [6.45, 7) is 2.20. The molecule has 0 aliphatic carbocycles. The van der Waals surface area contributed by atoms with Crippen molar-refractivity contribution in [2.45, 2.75) is 18.1 Å². The SMILES string of the molecule is CN1c2ccccc2C(C)(c2ccccc2)C12C=Cc1cc([N+](=O)[O-])ccc1O2. The van der Waals surface area contributed by atoms with Gasteiger partial charge in [-0.1, -0.05) is 48.5 Å². The molecule has 5 heteroatoms. The molecule has 0 aromatic heterocycles. The molecule has 0 saturated carbocycles. The number of benzene rings is 3. The van der Waals surface area contributed by atoms with E-state index in [1.807, 2.05) is 43.5 Å². The standard InChI is InChI=1S/C24H20N2O3/c1-23(18-8-4-3-5-9-18)20-10-6-7-11-21(20)25(2)24(23)15-14-17-16-19(26(27)28)12-13-22(17)29-24/h3-16H,1-2H3. The van der Waals surface area contributed by atoms with Crippen molar-refractivity contribution in [3.8, 4) is 5.75 Å². The molecule has 29 heavy (non-hydrogen) atoms. The molecule has 2 aliphatic rings. The predicted octanol–water partition coefficient (Wildman–Crippen LogP) is 5.15. The largest absolute Gasteiger partial charge is 0.462 e. The first kappa shape index (κ1) is 17.5. The fraction of sp³-hybridized carbons (Fsp3) is 0.167. The fourth-order valence-electron chi connectivity index (χ4n) is 4.76. The predicted molar refractivity (Wildman–Crippen MR) is 113 cm³/mol. The van der Waals surface area contributed by atoms with Crippen LogP contribution in [-0.4, -0.2) is 17.7 Å². The van der Waals surface area contributed by atoms with E-state index < -0.39 is 11.1 Å². The van der Waals surface area contributed by atoms with Crippen molar-refractivity contribution in [1.82, 2.24) is 0 Å². The van der Waals surface area contributed by atoms with Gasteiger partial charge in [0.2, 0.25) is 5.72 Å². The fourth-order valence-corrected chi connectivity index (χ4v) is 4.76. The van der Waals surface area contributed by atoms with Crippen LogP contribution in [0.5, 0.6) is 5.75 Å². The van der Waals surface area contributed by atoms with E-state index in [2.05, 4.69) is 42.2 Å². The van der Waals surface area contributed by atoms with Crippen molar-refractivity contribution < 1.29 is 9.66 Å². The third kappa shape index (κ3) is 2.21. The molecule has 2 atom stereocenters. The average Bonchev–Trinajstić information content (AvgIpc) is 2.94. The number of nitro benzene ring substituents is 1. The molecule has 1 spiro atoms. The number of para-hydroxylation sites is 1. The van der Waals surface area contributed by atoms with Gasteiger partial charge < -0.3 is 9.64 Å². The number of ether oxygens (including phenoxy) is 1. The lowest BCUT2D eigenvalue weighted by Gasteiger charge is -2.47. The van der Waals surface area contributed by atoms with Crippen LogP contribution in [0.25, 0.3) is 6.08 Å². The van der Waals surface area contributed by atoms with Crippen molar-refractivity contribution in [3.63, 3.8) is 0 Å². The molecule has 0 amide bonds. The van der Waals surface area contributed by atoms with E-state index in [0.717, 1.165) is 11.3 Å². The summed E-state index contributed by atoms with van der Waals surface area (Å²) in [6, 6.07) is 23.4. The van der Waals surface area contributed by atoms with Gasteiger partial charge in [-0.05, 0) is 42.3 Å². The molecule has 2 aliphatic heterocycles. The van der Waals surface area contributed by atoms with Crippen LogP contribution in [0.4, 0.5) is 11.4 Å². The second-order valence-electron chi connectivity index (χ2n) is 7.68. The average molecular weight is 384 g/mol. The summed E-state index contributed by atoms with van der Waals surface area (Å²) in [5.41, 5.74) is 2.94. The highest BCUT2D eigenvalue weighted by molar-refractivity contribution is 5.75. The lowest BCUT2D eigenvalue weighted by molar-refractivity contribution is -0.384. The van der Waals surface area contributed by atoms with Gasteiger partial charge in [0.25, 0.3) is 5.69 Å². The molecule has 0 N–H and O–H groups in total. The van der Waals surface area contributed by atoms with Crippen LogP contribution in [0.2, 0.25) is 0 Å². The Kier molecular flexibility index (Phi) is 3.59. The quantitative estimate of drug-likeness (QED) is 0.453. The molecular formula is C24H20N2O3. The van der Waals surface area contributed by atoms with Crippen molar-refractivity contribution in [2.75, 3.05) is 11.9 Å². The lowest BCUT2D eigenvalue weighted by atomic mass is 9.69. The Bertz CT molecular complexity index is 1160. The van der Waals surface area contributed by atoms with Crippen molar-refractivity contribution in [2.24, 2.45) is 0 Å². The number of non-ortho nitro benzene ring substituents is 1. The summed E-state index contributed by atoms with van der Waals surface area (Å²) >= 11 is 0. The number of likely N-dealkylation sites (N-methyl/N-ethyl adjacent to an activating group) is 1. The third-order valence-corrected chi connectivity index (χ3v) is 6.33. The van der Waals surface area contributed by atoms with E-state index in [-0.39, 0.29) is 10.6 Å². The molecule has 5 nitrogen and oxygen atoms in total. The number of anilines is 1. The molecule has 3 aromatic rings. The monoisotopic (exact) mass is 384 g/mol. The molecule has 2 heterocycles. The minimum atomic E-state index is -0.791. The second-order valence-corrected chi connectivity index (χ2v) is 7.68. The summed E-state index contributed by atoms with van der Waals surface area (Å²) in [4.78, 5) is 12.9. The molecule has 0 fully saturated rings. The zero-order valence-corrected chi connectivity index (χ0v) is 16.2. The molecule has 144 valence electrons. The minimum absolute atomic E-state index is 0.0573. The van der Waals surface area contributed by atoms with Gasteiger partial charge in [-0.25, -0.2) is 0 Å². The van der Waals surface area contributed by atoms with Crippen molar-refractivity contribution >= 4 is 17.5 Å². The van der Waals surface area contributed by atoms with Gasteiger partial charge in [-0.2, -0.15) is 0 Å². The first-order valence-corrected chi connectivity index (χ1v) is 9.53. The first-order chi connectivity index (χ1) is 14.0. The van der Waals surface area contributed by atoms with E-state index in [9.17, 15) is 10.1 Å². The number of nitro groups is 1. The van der Waals surface area contributed by atoms with E-state index in [4.69, 9.17) is 4.74 Å². The number of fused-ring (bicyclic) bond motifs is 2. The van der Waals surface area contributed by atoms with E-state index in [1.54, 1.807) is 12.1 Å².